The molecule has 0 heterocycles. The summed E-state index contributed by atoms with van der Waals surface area (Å²) in [7, 11) is 1.64. The average Bonchev–Trinajstić information content (AvgIpc) is 2.68. The van der Waals surface area contributed by atoms with Crippen molar-refractivity contribution in [3.8, 4) is 11.5 Å². The summed E-state index contributed by atoms with van der Waals surface area (Å²) in [6.07, 6.45) is 3.97. The van der Waals surface area contributed by atoms with Gasteiger partial charge >= 0.3 is 0 Å². The molecule has 0 spiro atoms. The van der Waals surface area contributed by atoms with Crippen LogP contribution in [0.5, 0.6) is 11.5 Å². The predicted molar refractivity (Wildman–Crippen MR) is 103 cm³/mol. The van der Waals surface area contributed by atoms with Gasteiger partial charge < -0.3 is 14.8 Å². The van der Waals surface area contributed by atoms with Gasteiger partial charge in [0.05, 0.1) is 13.2 Å². The number of hydrogen-bond donors (Lipinski definition) is 1. The van der Waals surface area contributed by atoms with Crippen molar-refractivity contribution in [1.29, 1.82) is 0 Å². The number of methoxy groups -OCH3 is 1. The molecule has 2 aromatic carbocycles. The quantitative estimate of drug-likeness (QED) is 0.846. The van der Waals surface area contributed by atoms with Crippen molar-refractivity contribution >= 4 is 5.91 Å². The molecule has 3 rings (SSSR count). The highest BCUT2D eigenvalue weighted by Crippen LogP contribution is 2.30. The first kappa shape index (κ1) is 18.3. The summed E-state index contributed by atoms with van der Waals surface area (Å²) in [4.78, 5) is 12.6. The molecule has 26 heavy (non-hydrogen) atoms. The number of fused-ring (bicyclic) bond motifs is 1. The highest BCUT2D eigenvalue weighted by Gasteiger charge is 2.21. The van der Waals surface area contributed by atoms with Gasteiger partial charge in [0.1, 0.15) is 11.5 Å². The van der Waals surface area contributed by atoms with Gasteiger partial charge in [-0.05, 0) is 62.8 Å². The molecule has 0 saturated heterocycles. The minimum absolute atomic E-state index is 0.128. The van der Waals surface area contributed by atoms with Crippen LogP contribution < -0.4 is 14.8 Å². The van der Waals surface area contributed by atoms with E-state index in [4.69, 9.17) is 9.47 Å². The van der Waals surface area contributed by atoms with Crippen LogP contribution in [-0.2, 0) is 17.6 Å². The number of hydrogen-bond acceptors (Lipinski definition) is 3. The lowest BCUT2D eigenvalue weighted by Crippen LogP contribution is -2.38. The van der Waals surface area contributed by atoms with E-state index in [1.54, 1.807) is 14.0 Å². The number of ether oxygens (including phenoxy) is 2. The summed E-state index contributed by atoms with van der Waals surface area (Å²) < 4.78 is 11.4. The number of rotatable bonds is 6. The Morgan fingerprint density at radius 2 is 1.73 bits per heavy atom. The molecule has 1 amide bonds. The minimum Gasteiger partial charge on any atom is -0.496 e. The molecule has 1 aliphatic rings. The maximum absolute atomic E-state index is 12.6. The molecule has 1 aliphatic carbocycles. The van der Waals surface area contributed by atoms with Gasteiger partial charge in [0.2, 0.25) is 0 Å². The van der Waals surface area contributed by atoms with Crippen molar-refractivity contribution < 1.29 is 14.3 Å². The van der Waals surface area contributed by atoms with Gasteiger partial charge in [-0.25, -0.2) is 0 Å². The second-order valence-corrected chi connectivity index (χ2v) is 6.83. The Hall–Kier alpha value is -2.49. The van der Waals surface area contributed by atoms with Crippen LogP contribution in [0.15, 0.2) is 42.5 Å². The Morgan fingerprint density at radius 1 is 1.00 bits per heavy atom. The topological polar surface area (TPSA) is 47.6 Å². The molecule has 0 bridgehead atoms. The van der Waals surface area contributed by atoms with E-state index in [0.717, 1.165) is 29.9 Å². The predicted octanol–water partition coefficient (Wildman–Crippen LogP) is 4.22. The van der Waals surface area contributed by atoms with Gasteiger partial charge in [-0.3, -0.25) is 4.79 Å². The van der Waals surface area contributed by atoms with Gasteiger partial charge in [-0.2, -0.15) is 0 Å². The normalized spacial score (nSPS) is 15.5. The fourth-order valence-electron chi connectivity index (χ4n) is 3.53. The summed E-state index contributed by atoms with van der Waals surface area (Å²) in [5.41, 5.74) is 3.56. The number of nitrogens with one attached hydrogen (secondary N) is 1. The number of carbonyl (C=O) groups is 1. The Morgan fingerprint density at radius 3 is 2.54 bits per heavy atom. The van der Waals surface area contributed by atoms with Crippen LogP contribution >= 0.6 is 0 Å². The molecule has 0 aromatic heterocycles. The first-order valence-corrected chi connectivity index (χ1v) is 9.31. The van der Waals surface area contributed by atoms with E-state index in [1.807, 2.05) is 43.3 Å². The zero-order chi connectivity index (χ0) is 18.5. The number of amides is 1. The van der Waals surface area contributed by atoms with Crippen LogP contribution in [0.3, 0.4) is 0 Å². The molecule has 1 N–H and O–H groups in total. The van der Waals surface area contributed by atoms with Crippen molar-refractivity contribution in [2.75, 3.05) is 7.11 Å². The van der Waals surface area contributed by atoms with Crippen LogP contribution in [0.1, 0.15) is 49.4 Å². The van der Waals surface area contributed by atoms with Crippen molar-refractivity contribution in [3.05, 3.63) is 59.2 Å². The Kier molecular flexibility index (Phi) is 5.82. The second-order valence-electron chi connectivity index (χ2n) is 6.83. The summed E-state index contributed by atoms with van der Waals surface area (Å²) in [5, 5.41) is 3.03. The largest absolute Gasteiger partial charge is 0.496 e. The van der Waals surface area contributed by atoms with Crippen LogP contribution in [0, 0.1) is 0 Å². The van der Waals surface area contributed by atoms with Gasteiger partial charge in [0, 0.05) is 5.56 Å². The lowest BCUT2D eigenvalue weighted by molar-refractivity contribution is -0.127. The van der Waals surface area contributed by atoms with E-state index in [-0.39, 0.29) is 11.9 Å². The number of benzene rings is 2. The van der Waals surface area contributed by atoms with Gasteiger partial charge in [-0.1, -0.05) is 30.3 Å². The molecule has 0 radical (unpaired) electrons. The van der Waals surface area contributed by atoms with E-state index in [9.17, 15) is 4.79 Å². The van der Waals surface area contributed by atoms with E-state index in [1.165, 1.54) is 24.0 Å². The summed E-state index contributed by atoms with van der Waals surface area (Å²) >= 11 is 0. The molecule has 2 atom stereocenters. The maximum Gasteiger partial charge on any atom is 0.261 e. The maximum atomic E-state index is 12.6. The fraction of sp³-hybridized carbons (Fsp3) is 0.409. The van der Waals surface area contributed by atoms with E-state index < -0.39 is 6.10 Å². The monoisotopic (exact) mass is 353 g/mol. The summed E-state index contributed by atoms with van der Waals surface area (Å²) in [6, 6.07) is 13.7. The first-order valence-electron chi connectivity index (χ1n) is 9.31. The molecule has 2 aromatic rings. The molecule has 4 heteroatoms. The van der Waals surface area contributed by atoms with Crippen molar-refractivity contribution in [1.82, 2.24) is 5.32 Å². The highest BCUT2D eigenvalue weighted by molar-refractivity contribution is 5.81. The molecule has 0 saturated carbocycles. The second kappa shape index (κ2) is 8.26. The molecule has 0 fully saturated rings. The van der Waals surface area contributed by atoms with Gasteiger partial charge in [-0.15, -0.1) is 0 Å². The molecule has 0 aliphatic heterocycles. The molecule has 138 valence electrons. The third kappa shape index (κ3) is 4.01. The third-order valence-corrected chi connectivity index (χ3v) is 4.99. The highest BCUT2D eigenvalue weighted by atomic mass is 16.5. The van der Waals surface area contributed by atoms with E-state index in [0.29, 0.717) is 0 Å². The molecular weight excluding hydrogens is 326 g/mol. The molecular formula is C22H27NO3. The fourth-order valence-corrected chi connectivity index (χ4v) is 3.53. The Balaban J connectivity index is 1.67. The smallest absolute Gasteiger partial charge is 0.261 e. The van der Waals surface area contributed by atoms with Crippen LogP contribution in [0.25, 0.3) is 0 Å². The van der Waals surface area contributed by atoms with Crippen LogP contribution in [0.2, 0.25) is 0 Å². The Labute approximate surface area is 155 Å². The zero-order valence-electron chi connectivity index (χ0n) is 15.7. The lowest BCUT2D eigenvalue weighted by Gasteiger charge is -2.23. The van der Waals surface area contributed by atoms with Gasteiger partial charge in [0.25, 0.3) is 5.91 Å². The minimum atomic E-state index is -0.555. The van der Waals surface area contributed by atoms with E-state index in [2.05, 4.69) is 11.4 Å². The lowest BCUT2D eigenvalue weighted by atomic mass is 9.91. The summed E-state index contributed by atoms with van der Waals surface area (Å²) in [6.45, 7) is 3.75. The Bertz CT molecular complexity index is 772. The summed E-state index contributed by atoms with van der Waals surface area (Å²) in [5.74, 6) is 1.48. The van der Waals surface area contributed by atoms with E-state index >= 15 is 0 Å². The van der Waals surface area contributed by atoms with Crippen molar-refractivity contribution in [2.24, 2.45) is 0 Å². The average molecular weight is 353 g/mol. The molecule has 0 unspecified atom stereocenters. The zero-order valence-corrected chi connectivity index (χ0v) is 15.7. The standard InChI is InChI=1S/C22H27NO3/c1-15(18-11-6-7-13-20(18)25-3)23-22(24)16(2)26-21-14-8-10-17-9-4-5-12-19(17)21/h6-8,10-11,13-16H,4-5,9,12H2,1-3H3,(H,23,24)/t15-,16-/m1/s1. The first-order chi connectivity index (χ1) is 12.6. The number of para-hydroxylation sites is 1. The molecule has 4 nitrogen and oxygen atoms in total. The number of carbonyl (C=O) groups excluding carboxylic acids is 1. The van der Waals surface area contributed by atoms with Crippen LogP contribution in [0.4, 0.5) is 0 Å². The number of aryl methyl sites for hydroxylation is 1. The SMILES string of the molecule is COc1ccccc1[C@@H](C)NC(=O)[C@@H](C)Oc1cccc2c1CCCC2. The van der Waals surface area contributed by atoms with Gasteiger partial charge in [0.15, 0.2) is 6.10 Å². The third-order valence-electron chi connectivity index (χ3n) is 4.99. The van der Waals surface area contributed by atoms with Crippen molar-refractivity contribution in [2.45, 2.75) is 51.7 Å². The van der Waals surface area contributed by atoms with Crippen LogP contribution in [-0.4, -0.2) is 19.1 Å². The van der Waals surface area contributed by atoms with Crippen molar-refractivity contribution in [3.63, 3.8) is 0 Å².